The number of hydrogen-bond acceptors (Lipinski definition) is 7. The molecule has 4 rings (SSSR count). The van der Waals surface area contributed by atoms with Crippen LogP contribution in [0.3, 0.4) is 0 Å². The molecule has 0 aliphatic heterocycles. The molecule has 0 radical (unpaired) electrons. The van der Waals surface area contributed by atoms with Crippen molar-refractivity contribution in [3.63, 3.8) is 0 Å². The third-order valence-corrected chi connectivity index (χ3v) is 4.97. The van der Waals surface area contributed by atoms with Crippen LogP contribution < -0.4 is 20.3 Å². The smallest absolute Gasteiger partial charge is 0.283 e. The molecule has 0 fully saturated rings. The Hall–Kier alpha value is -3.92. The lowest BCUT2D eigenvalue weighted by atomic mass is 10.2. The molecule has 0 bridgehead atoms. The molecular weight excluding hydrogens is 436 g/mol. The van der Waals surface area contributed by atoms with Gasteiger partial charge in [-0.15, -0.1) is 5.10 Å². The van der Waals surface area contributed by atoms with Crippen LogP contribution in [0.1, 0.15) is 5.56 Å². The van der Waals surface area contributed by atoms with Crippen LogP contribution in [0.25, 0.3) is 11.2 Å². The maximum atomic E-state index is 12.8. The lowest BCUT2D eigenvalue weighted by molar-refractivity contribution is -0.116. The molecule has 11 heteroatoms. The quantitative estimate of drug-likeness (QED) is 0.456. The number of anilines is 1. The number of benzene rings is 2. The Labute approximate surface area is 187 Å². The first-order valence-electron chi connectivity index (χ1n) is 9.53. The van der Waals surface area contributed by atoms with Crippen LogP contribution in [0.15, 0.2) is 53.6 Å². The Kier molecular flexibility index (Phi) is 6.04. The monoisotopic (exact) mass is 454 g/mol. The summed E-state index contributed by atoms with van der Waals surface area (Å²) in [6, 6.07) is 12.2. The van der Waals surface area contributed by atoms with Crippen LogP contribution in [0.2, 0.25) is 5.02 Å². The molecule has 0 aliphatic carbocycles. The fraction of sp³-hybridized carbons (Fsp3) is 0.190. The van der Waals surface area contributed by atoms with Crippen LogP contribution in [0.5, 0.6) is 11.5 Å². The highest BCUT2D eigenvalue weighted by molar-refractivity contribution is 6.30. The predicted octanol–water partition coefficient (Wildman–Crippen LogP) is 2.35. The predicted molar refractivity (Wildman–Crippen MR) is 118 cm³/mol. The summed E-state index contributed by atoms with van der Waals surface area (Å²) in [5.74, 6) is 0.606. The van der Waals surface area contributed by atoms with E-state index in [1.165, 1.54) is 29.8 Å². The molecule has 2 aromatic carbocycles. The SMILES string of the molecule is COc1ccc(NC(=O)Cn2cnc3c(nnn3Cc3ccc(Cl)cc3)c2=O)cc1OC. The van der Waals surface area contributed by atoms with Crippen LogP contribution >= 0.6 is 11.6 Å². The molecule has 32 heavy (non-hydrogen) atoms. The lowest BCUT2D eigenvalue weighted by Gasteiger charge is -2.11. The summed E-state index contributed by atoms with van der Waals surface area (Å²) in [5, 5.41) is 11.3. The Bertz CT molecular complexity index is 1330. The van der Waals surface area contributed by atoms with Gasteiger partial charge >= 0.3 is 0 Å². The molecule has 10 nitrogen and oxygen atoms in total. The van der Waals surface area contributed by atoms with Gasteiger partial charge in [-0.2, -0.15) is 0 Å². The van der Waals surface area contributed by atoms with E-state index in [0.29, 0.717) is 34.4 Å². The second-order valence-corrected chi connectivity index (χ2v) is 7.28. The topological polar surface area (TPSA) is 113 Å². The summed E-state index contributed by atoms with van der Waals surface area (Å²) in [6.45, 7) is 0.143. The van der Waals surface area contributed by atoms with Gasteiger partial charge in [-0.3, -0.25) is 14.2 Å². The van der Waals surface area contributed by atoms with Crippen LogP contribution in [0.4, 0.5) is 5.69 Å². The Morgan fingerprint density at radius 2 is 1.84 bits per heavy atom. The molecule has 0 saturated heterocycles. The Balaban J connectivity index is 1.51. The van der Waals surface area contributed by atoms with Gasteiger partial charge < -0.3 is 14.8 Å². The normalized spacial score (nSPS) is 10.8. The standard InChI is InChI=1S/C21H19ClN6O4/c1-31-16-8-7-15(9-17(16)32-2)24-18(29)11-27-12-23-20-19(21(27)30)25-26-28(20)10-13-3-5-14(22)6-4-13/h3-9,12H,10-11H2,1-2H3,(H,24,29). The van der Waals surface area contributed by atoms with Gasteiger partial charge in [0.2, 0.25) is 5.91 Å². The summed E-state index contributed by atoms with van der Waals surface area (Å²) < 4.78 is 13.1. The van der Waals surface area contributed by atoms with E-state index in [0.717, 1.165) is 5.56 Å². The average Bonchev–Trinajstić information content (AvgIpc) is 3.20. The summed E-state index contributed by atoms with van der Waals surface area (Å²) >= 11 is 5.91. The van der Waals surface area contributed by atoms with Crippen molar-refractivity contribution in [3.8, 4) is 11.5 Å². The largest absolute Gasteiger partial charge is 0.493 e. The zero-order chi connectivity index (χ0) is 22.7. The third-order valence-electron chi connectivity index (χ3n) is 4.72. The van der Waals surface area contributed by atoms with Gasteiger partial charge in [0.25, 0.3) is 5.56 Å². The number of nitrogens with zero attached hydrogens (tertiary/aromatic N) is 5. The first-order valence-corrected chi connectivity index (χ1v) is 9.91. The number of methoxy groups -OCH3 is 2. The fourth-order valence-corrected chi connectivity index (χ4v) is 3.26. The van der Waals surface area contributed by atoms with Crippen molar-refractivity contribution in [2.75, 3.05) is 19.5 Å². The van der Waals surface area contributed by atoms with E-state index in [1.54, 1.807) is 30.3 Å². The molecule has 2 heterocycles. The molecule has 4 aromatic rings. The number of carbonyl (C=O) groups is 1. The van der Waals surface area contributed by atoms with Gasteiger partial charge in [0, 0.05) is 16.8 Å². The number of ether oxygens (including phenoxy) is 2. The Morgan fingerprint density at radius 1 is 1.09 bits per heavy atom. The maximum absolute atomic E-state index is 12.8. The summed E-state index contributed by atoms with van der Waals surface area (Å²) in [7, 11) is 3.03. The second-order valence-electron chi connectivity index (χ2n) is 6.84. The molecule has 164 valence electrons. The summed E-state index contributed by atoms with van der Waals surface area (Å²) in [6.07, 6.45) is 1.31. The summed E-state index contributed by atoms with van der Waals surface area (Å²) in [4.78, 5) is 29.5. The summed E-state index contributed by atoms with van der Waals surface area (Å²) in [5.41, 5.74) is 1.40. The van der Waals surface area contributed by atoms with Gasteiger partial charge in [-0.1, -0.05) is 28.9 Å². The van der Waals surface area contributed by atoms with E-state index in [-0.39, 0.29) is 12.1 Å². The number of fused-ring (bicyclic) bond motifs is 1. The first kappa shape index (κ1) is 21.3. The van der Waals surface area contributed by atoms with Gasteiger partial charge in [0.05, 0.1) is 20.8 Å². The minimum atomic E-state index is -0.459. The van der Waals surface area contributed by atoms with E-state index in [1.807, 2.05) is 12.1 Å². The van der Waals surface area contributed by atoms with E-state index >= 15 is 0 Å². The fourth-order valence-electron chi connectivity index (χ4n) is 3.14. The van der Waals surface area contributed by atoms with E-state index < -0.39 is 11.5 Å². The van der Waals surface area contributed by atoms with Crippen molar-refractivity contribution in [3.05, 3.63) is 69.7 Å². The molecule has 1 N–H and O–H groups in total. The zero-order valence-electron chi connectivity index (χ0n) is 17.3. The maximum Gasteiger partial charge on any atom is 0.283 e. The molecule has 0 saturated carbocycles. The molecule has 0 spiro atoms. The number of carbonyl (C=O) groups excluding carboxylic acids is 1. The van der Waals surface area contributed by atoms with E-state index in [4.69, 9.17) is 21.1 Å². The van der Waals surface area contributed by atoms with Gasteiger partial charge in [0.15, 0.2) is 22.7 Å². The van der Waals surface area contributed by atoms with Crippen molar-refractivity contribution < 1.29 is 14.3 Å². The van der Waals surface area contributed by atoms with E-state index in [2.05, 4.69) is 20.6 Å². The van der Waals surface area contributed by atoms with Gasteiger partial charge in [0.1, 0.15) is 12.9 Å². The molecule has 0 aliphatic rings. The zero-order valence-corrected chi connectivity index (χ0v) is 18.0. The van der Waals surface area contributed by atoms with Gasteiger partial charge in [-0.25, -0.2) is 9.67 Å². The van der Waals surface area contributed by atoms with Crippen LogP contribution in [-0.4, -0.2) is 44.7 Å². The second kappa shape index (κ2) is 9.06. The van der Waals surface area contributed by atoms with Crippen molar-refractivity contribution >= 4 is 34.4 Å². The lowest BCUT2D eigenvalue weighted by Crippen LogP contribution is -2.28. The highest BCUT2D eigenvalue weighted by atomic mass is 35.5. The number of halogens is 1. The molecule has 0 unspecified atom stereocenters. The van der Waals surface area contributed by atoms with Gasteiger partial charge in [-0.05, 0) is 29.8 Å². The highest BCUT2D eigenvalue weighted by Gasteiger charge is 2.15. The Morgan fingerprint density at radius 3 is 2.56 bits per heavy atom. The van der Waals surface area contributed by atoms with Crippen molar-refractivity contribution in [1.82, 2.24) is 24.5 Å². The van der Waals surface area contributed by atoms with Crippen molar-refractivity contribution in [1.29, 1.82) is 0 Å². The van der Waals surface area contributed by atoms with Crippen molar-refractivity contribution in [2.24, 2.45) is 0 Å². The number of rotatable bonds is 7. The number of nitrogens with one attached hydrogen (secondary N) is 1. The molecule has 1 amide bonds. The minimum Gasteiger partial charge on any atom is -0.493 e. The number of hydrogen-bond donors (Lipinski definition) is 1. The minimum absolute atomic E-state index is 0.0837. The van der Waals surface area contributed by atoms with Crippen LogP contribution in [-0.2, 0) is 17.9 Å². The average molecular weight is 455 g/mol. The van der Waals surface area contributed by atoms with Crippen molar-refractivity contribution in [2.45, 2.75) is 13.1 Å². The first-order chi connectivity index (χ1) is 15.5. The molecule has 0 atom stereocenters. The highest BCUT2D eigenvalue weighted by Crippen LogP contribution is 2.29. The number of amides is 1. The molecule has 2 aromatic heterocycles. The van der Waals surface area contributed by atoms with E-state index in [9.17, 15) is 9.59 Å². The molecular formula is C21H19ClN6O4. The number of aromatic nitrogens is 5. The van der Waals surface area contributed by atoms with Crippen LogP contribution in [0, 0.1) is 0 Å². The third kappa shape index (κ3) is 4.40.